The molecular weight excluding hydrogens is 236 g/mol. The summed E-state index contributed by atoms with van der Waals surface area (Å²) < 4.78 is 5.73. The first-order valence-corrected chi connectivity index (χ1v) is 6.65. The molecule has 0 amide bonds. The van der Waals surface area contributed by atoms with Gasteiger partial charge in [0.1, 0.15) is 5.75 Å². The van der Waals surface area contributed by atoms with Crippen molar-refractivity contribution in [2.45, 2.75) is 25.9 Å². The van der Waals surface area contributed by atoms with E-state index >= 15 is 0 Å². The number of benzene rings is 2. The molecule has 0 saturated heterocycles. The van der Waals surface area contributed by atoms with Crippen molar-refractivity contribution >= 4 is 5.78 Å². The Morgan fingerprint density at radius 3 is 2.58 bits per heavy atom. The monoisotopic (exact) mass is 252 g/mol. The normalized spacial score (nSPS) is 16.8. The van der Waals surface area contributed by atoms with Crippen molar-refractivity contribution in [3.8, 4) is 5.75 Å². The van der Waals surface area contributed by atoms with Crippen LogP contribution in [-0.4, -0.2) is 11.9 Å². The molecule has 0 radical (unpaired) electrons. The molecule has 1 atom stereocenters. The zero-order chi connectivity index (χ0) is 13.2. The Balaban J connectivity index is 1.79. The van der Waals surface area contributed by atoms with Crippen molar-refractivity contribution in [3.05, 3.63) is 65.2 Å². The zero-order valence-corrected chi connectivity index (χ0v) is 10.9. The lowest BCUT2D eigenvalue weighted by atomic mass is 10.0. The lowest BCUT2D eigenvalue weighted by molar-refractivity contribution is 0.0825. The summed E-state index contributed by atoms with van der Waals surface area (Å²) in [5.74, 6) is 0.907. The quantitative estimate of drug-likeness (QED) is 0.782. The Hall–Kier alpha value is -2.09. The fraction of sp³-hybridized carbons (Fsp3) is 0.235. The molecule has 0 spiro atoms. The summed E-state index contributed by atoms with van der Waals surface area (Å²) >= 11 is 0. The Morgan fingerprint density at radius 1 is 1.16 bits per heavy atom. The van der Waals surface area contributed by atoms with Gasteiger partial charge >= 0.3 is 0 Å². The predicted octanol–water partition coefficient (Wildman–Crippen LogP) is 3.44. The average Bonchev–Trinajstić information content (AvgIpc) is 2.90. The van der Waals surface area contributed by atoms with E-state index < -0.39 is 0 Å². The topological polar surface area (TPSA) is 26.3 Å². The van der Waals surface area contributed by atoms with Gasteiger partial charge in [0.15, 0.2) is 6.10 Å². The Morgan fingerprint density at radius 2 is 1.89 bits per heavy atom. The van der Waals surface area contributed by atoms with Gasteiger partial charge in [-0.3, -0.25) is 4.79 Å². The van der Waals surface area contributed by atoms with E-state index in [0.717, 1.165) is 23.3 Å². The first-order chi connectivity index (χ1) is 9.28. The molecule has 0 bridgehead atoms. The van der Waals surface area contributed by atoms with E-state index in [2.05, 4.69) is 6.92 Å². The number of carbonyl (C=O) groups is 1. The smallest absolute Gasteiger partial charge is 0.203 e. The van der Waals surface area contributed by atoms with E-state index in [4.69, 9.17) is 4.74 Å². The number of Topliss-reactive ketones (excluding diaryl/α,β-unsaturated/α-hetero) is 1. The highest BCUT2D eigenvalue weighted by Crippen LogP contribution is 2.29. The van der Waals surface area contributed by atoms with E-state index in [1.807, 2.05) is 48.5 Å². The summed E-state index contributed by atoms with van der Waals surface area (Å²) in [5.41, 5.74) is 3.09. The van der Waals surface area contributed by atoms with Crippen molar-refractivity contribution in [3.63, 3.8) is 0 Å². The maximum Gasteiger partial charge on any atom is 0.203 e. The minimum atomic E-state index is -0.370. The fourth-order valence-electron chi connectivity index (χ4n) is 2.42. The number of fused-ring (bicyclic) bond motifs is 1. The van der Waals surface area contributed by atoms with Crippen molar-refractivity contribution < 1.29 is 9.53 Å². The van der Waals surface area contributed by atoms with Gasteiger partial charge in [-0.05, 0) is 23.6 Å². The van der Waals surface area contributed by atoms with Crippen molar-refractivity contribution in [1.82, 2.24) is 0 Å². The SMILES string of the molecule is CCc1ccc(C(=O)C2Cc3ccccc3O2)cc1. The van der Waals surface area contributed by atoms with Gasteiger partial charge < -0.3 is 4.74 Å². The largest absolute Gasteiger partial charge is 0.482 e. The van der Waals surface area contributed by atoms with Crippen LogP contribution in [0, 0.1) is 0 Å². The maximum absolute atomic E-state index is 12.4. The third-order valence-electron chi connectivity index (χ3n) is 3.59. The maximum atomic E-state index is 12.4. The number of rotatable bonds is 3. The summed E-state index contributed by atoms with van der Waals surface area (Å²) in [7, 11) is 0. The van der Waals surface area contributed by atoms with Crippen LogP contribution in [0.5, 0.6) is 5.75 Å². The summed E-state index contributed by atoms with van der Waals surface area (Å²) in [5, 5.41) is 0. The second-order valence-electron chi connectivity index (χ2n) is 4.83. The van der Waals surface area contributed by atoms with Gasteiger partial charge in [-0.2, -0.15) is 0 Å². The summed E-state index contributed by atoms with van der Waals surface area (Å²) in [4.78, 5) is 12.4. The van der Waals surface area contributed by atoms with Crippen LogP contribution in [0.4, 0.5) is 0 Å². The lowest BCUT2D eigenvalue weighted by Gasteiger charge is -2.09. The molecule has 19 heavy (non-hydrogen) atoms. The number of carbonyl (C=O) groups excluding carboxylic acids is 1. The molecule has 2 heteroatoms. The highest BCUT2D eigenvalue weighted by Gasteiger charge is 2.29. The summed E-state index contributed by atoms with van der Waals surface area (Å²) in [6, 6.07) is 15.7. The predicted molar refractivity (Wildman–Crippen MR) is 74.7 cm³/mol. The molecule has 0 saturated carbocycles. The lowest BCUT2D eigenvalue weighted by Crippen LogP contribution is -2.25. The van der Waals surface area contributed by atoms with Crippen molar-refractivity contribution in [2.24, 2.45) is 0 Å². The summed E-state index contributed by atoms with van der Waals surface area (Å²) in [6.45, 7) is 2.10. The molecular formula is C17H16O2. The molecule has 96 valence electrons. The second-order valence-corrected chi connectivity index (χ2v) is 4.83. The summed E-state index contributed by atoms with van der Waals surface area (Å²) in [6.07, 6.45) is 1.29. The molecule has 1 heterocycles. The van der Waals surface area contributed by atoms with Crippen LogP contribution in [0.1, 0.15) is 28.4 Å². The molecule has 1 aliphatic rings. The van der Waals surface area contributed by atoms with Crippen LogP contribution in [-0.2, 0) is 12.8 Å². The molecule has 3 rings (SSSR count). The van der Waals surface area contributed by atoms with Gasteiger partial charge in [-0.1, -0.05) is 49.4 Å². The number of ketones is 1. The molecule has 0 fully saturated rings. The third-order valence-corrected chi connectivity index (χ3v) is 3.59. The van der Waals surface area contributed by atoms with Gasteiger partial charge in [0.2, 0.25) is 5.78 Å². The standard InChI is InChI=1S/C17H16O2/c1-2-12-7-9-13(10-8-12)17(18)16-11-14-5-3-4-6-15(14)19-16/h3-10,16H,2,11H2,1H3. The first kappa shape index (κ1) is 12.0. The second kappa shape index (κ2) is 4.88. The van der Waals surface area contributed by atoms with Crippen molar-refractivity contribution in [1.29, 1.82) is 0 Å². The molecule has 0 aliphatic carbocycles. The molecule has 1 aliphatic heterocycles. The molecule has 2 aromatic rings. The molecule has 2 nitrogen and oxygen atoms in total. The van der Waals surface area contributed by atoms with Gasteiger partial charge in [-0.15, -0.1) is 0 Å². The van der Waals surface area contributed by atoms with E-state index in [9.17, 15) is 4.79 Å². The number of aryl methyl sites for hydroxylation is 1. The van der Waals surface area contributed by atoms with E-state index in [-0.39, 0.29) is 11.9 Å². The van der Waals surface area contributed by atoms with Crippen LogP contribution < -0.4 is 4.74 Å². The Labute approximate surface area is 113 Å². The van der Waals surface area contributed by atoms with E-state index in [0.29, 0.717) is 6.42 Å². The van der Waals surface area contributed by atoms with Gasteiger partial charge in [-0.25, -0.2) is 0 Å². The average molecular weight is 252 g/mol. The van der Waals surface area contributed by atoms with Gasteiger partial charge in [0, 0.05) is 12.0 Å². The van der Waals surface area contributed by atoms with Gasteiger partial charge in [0.05, 0.1) is 0 Å². The molecule has 0 aromatic heterocycles. The van der Waals surface area contributed by atoms with Crippen LogP contribution in [0.3, 0.4) is 0 Å². The minimum absolute atomic E-state index is 0.0684. The number of ether oxygens (including phenoxy) is 1. The Bertz CT molecular complexity index is 574. The van der Waals surface area contributed by atoms with Gasteiger partial charge in [0.25, 0.3) is 0 Å². The Kier molecular flexibility index (Phi) is 3.08. The molecule has 1 unspecified atom stereocenters. The third kappa shape index (κ3) is 2.26. The number of hydrogen-bond acceptors (Lipinski definition) is 2. The van der Waals surface area contributed by atoms with Crippen molar-refractivity contribution in [2.75, 3.05) is 0 Å². The van der Waals surface area contributed by atoms with Crippen LogP contribution in [0.15, 0.2) is 48.5 Å². The first-order valence-electron chi connectivity index (χ1n) is 6.65. The molecule has 0 N–H and O–H groups in total. The number of para-hydroxylation sites is 1. The highest BCUT2D eigenvalue weighted by atomic mass is 16.5. The fourth-order valence-corrected chi connectivity index (χ4v) is 2.42. The zero-order valence-electron chi connectivity index (χ0n) is 10.9. The molecule has 2 aromatic carbocycles. The van der Waals surface area contributed by atoms with E-state index in [1.54, 1.807) is 0 Å². The number of hydrogen-bond donors (Lipinski definition) is 0. The van der Waals surface area contributed by atoms with Crippen LogP contribution in [0.25, 0.3) is 0 Å². The van der Waals surface area contributed by atoms with E-state index in [1.165, 1.54) is 5.56 Å². The van der Waals surface area contributed by atoms with Crippen LogP contribution >= 0.6 is 0 Å². The highest BCUT2D eigenvalue weighted by molar-refractivity contribution is 6.00. The van der Waals surface area contributed by atoms with Crippen LogP contribution in [0.2, 0.25) is 0 Å². The minimum Gasteiger partial charge on any atom is -0.482 e.